The zero-order chi connectivity index (χ0) is 15.6. The minimum absolute atomic E-state index is 0.00527. The number of hydrogen-bond acceptors (Lipinski definition) is 6. The molecule has 0 saturated heterocycles. The number of aryl methyl sites for hydroxylation is 1. The lowest BCUT2D eigenvalue weighted by Crippen LogP contribution is -2.23. The molecule has 0 amide bonds. The summed E-state index contributed by atoms with van der Waals surface area (Å²) in [5, 5.41) is 20.9. The summed E-state index contributed by atoms with van der Waals surface area (Å²) in [4.78, 5) is 16.4. The zero-order valence-corrected chi connectivity index (χ0v) is 11.8. The van der Waals surface area contributed by atoms with Gasteiger partial charge in [-0.15, -0.1) is 0 Å². The first-order valence-electron chi connectivity index (χ1n) is 6.20. The lowest BCUT2D eigenvalue weighted by Gasteiger charge is -2.06. The molecule has 1 N–H and O–H groups in total. The molecule has 0 saturated carbocycles. The highest BCUT2D eigenvalue weighted by atomic mass is 16.1. The van der Waals surface area contributed by atoms with Crippen molar-refractivity contribution in [2.45, 2.75) is 19.9 Å². The second-order valence-electron chi connectivity index (χ2n) is 4.67. The number of rotatable bonds is 3. The van der Waals surface area contributed by atoms with Crippen molar-refractivity contribution >= 4 is 22.6 Å². The van der Waals surface area contributed by atoms with Crippen LogP contribution in [0.25, 0.3) is 11.2 Å². The number of anilines is 1. The van der Waals surface area contributed by atoms with Crippen LogP contribution in [0.5, 0.6) is 0 Å². The van der Waals surface area contributed by atoms with Gasteiger partial charge < -0.3 is 0 Å². The maximum absolute atomic E-state index is 12.2. The van der Waals surface area contributed by atoms with E-state index in [9.17, 15) is 4.79 Å². The molecule has 0 aliphatic rings. The molecule has 0 fully saturated rings. The van der Waals surface area contributed by atoms with Gasteiger partial charge >= 0.3 is 5.69 Å². The van der Waals surface area contributed by atoms with Crippen LogP contribution in [-0.4, -0.2) is 19.8 Å². The van der Waals surface area contributed by atoms with Gasteiger partial charge in [0.05, 0.1) is 17.4 Å². The maximum Gasteiger partial charge on any atom is 0.330 e. The van der Waals surface area contributed by atoms with Crippen molar-refractivity contribution in [2.75, 3.05) is 5.43 Å². The Bertz CT molecular complexity index is 841. The van der Waals surface area contributed by atoms with Crippen molar-refractivity contribution in [1.82, 2.24) is 14.1 Å². The number of hydrogen-bond donors (Lipinski definition) is 1. The fourth-order valence-corrected chi connectivity index (χ4v) is 1.96. The zero-order valence-electron chi connectivity index (χ0n) is 11.8. The number of nitrogens with zero attached hydrogens (tertiary/aromatic N) is 6. The summed E-state index contributed by atoms with van der Waals surface area (Å²) in [6.45, 7) is 3.82. The summed E-state index contributed by atoms with van der Waals surface area (Å²) in [6.07, 6.45) is 1.50. The van der Waals surface area contributed by atoms with Crippen molar-refractivity contribution < 1.29 is 0 Å². The van der Waals surface area contributed by atoms with E-state index >= 15 is 0 Å². The lowest BCUT2D eigenvalue weighted by atomic mass is 10.3. The molecule has 8 nitrogen and oxygen atoms in total. The van der Waals surface area contributed by atoms with Gasteiger partial charge in [0, 0.05) is 13.1 Å². The smallest absolute Gasteiger partial charge is 0.293 e. The molecule has 0 aromatic carbocycles. The Morgan fingerprint density at radius 3 is 2.67 bits per heavy atom. The SMILES string of the molecule is CC(C)n1c(=O)n(C)c2cc(NN=C(C#N)C#N)cnc21. The molecule has 0 aliphatic carbocycles. The van der Waals surface area contributed by atoms with Crippen molar-refractivity contribution in [2.24, 2.45) is 12.1 Å². The molecule has 2 aromatic rings. The van der Waals surface area contributed by atoms with Crippen LogP contribution in [-0.2, 0) is 7.05 Å². The van der Waals surface area contributed by atoms with Gasteiger partial charge in [0.15, 0.2) is 5.65 Å². The molecular formula is C13H13N7O. The minimum atomic E-state index is -0.288. The molecule has 0 unspecified atom stereocenters. The van der Waals surface area contributed by atoms with Gasteiger partial charge in [-0.25, -0.2) is 9.78 Å². The van der Waals surface area contributed by atoms with Crippen LogP contribution in [0.15, 0.2) is 22.2 Å². The van der Waals surface area contributed by atoms with Crippen LogP contribution in [0, 0.1) is 22.7 Å². The van der Waals surface area contributed by atoms with Gasteiger partial charge in [-0.1, -0.05) is 0 Å². The summed E-state index contributed by atoms with van der Waals surface area (Å²) in [6, 6.07) is 4.98. The van der Waals surface area contributed by atoms with Crippen LogP contribution >= 0.6 is 0 Å². The van der Waals surface area contributed by atoms with Gasteiger partial charge in [-0.3, -0.25) is 14.6 Å². The second-order valence-corrected chi connectivity index (χ2v) is 4.67. The number of aromatic nitrogens is 3. The second kappa shape index (κ2) is 5.47. The van der Waals surface area contributed by atoms with E-state index in [4.69, 9.17) is 10.5 Å². The van der Waals surface area contributed by atoms with Gasteiger partial charge in [-0.05, 0) is 19.9 Å². The summed E-state index contributed by atoms with van der Waals surface area (Å²) in [5.41, 5.74) is 3.85. The Morgan fingerprint density at radius 2 is 2.10 bits per heavy atom. The van der Waals surface area contributed by atoms with E-state index in [-0.39, 0.29) is 17.4 Å². The van der Waals surface area contributed by atoms with Crippen LogP contribution in [0.2, 0.25) is 0 Å². The van der Waals surface area contributed by atoms with E-state index in [0.29, 0.717) is 16.9 Å². The number of nitriles is 2. The number of fused-ring (bicyclic) bond motifs is 1. The average molecular weight is 283 g/mol. The predicted molar refractivity (Wildman–Crippen MR) is 77.6 cm³/mol. The van der Waals surface area contributed by atoms with Crippen molar-refractivity contribution in [3.05, 3.63) is 22.7 Å². The van der Waals surface area contributed by atoms with E-state index in [1.165, 1.54) is 10.8 Å². The van der Waals surface area contributed by atoms with Crippen molar-refractivity contribution in [1.29, 1.82) is 10.5 Å². The Hall–Kier alpha value is -3.13. The number of hydrazone groups is 1. The van der Waals surface area contributed by atoms with Crippen LogP contribution in [0.1, 0.15) is 19.9 Å². The fraction of sp³-hybridized carbons (Fsp3) is 0.308. The highest BCUT2D eigenvalue weighted by molar-refractivity contribution is 6.10. The van der Waals surface area contributed by atoms with E-state index in [1.807, 2.05) is 13.8 Å². The standard InChI is InChI=1S/C13H13N7O/c1-8(2)20-12-11(19(3)13(20)21)4-9(7-16-12)17-18-10(5-14)6-15/h4,7-8,17H,1-3H3. The highest BCUT2D eigenvalue weighted by Crippen LogP contribution is 2.18. The van der Waals surface area contributed by atoms with Gasteiger partial charge in [-0.2, -0.15) is 15.6 Å². The Labute approximate surface area is 120 Å². The molecule has 0 aliphatic heterocycles. The van der Waals surface area contributed by atoms with Crippen LogP contribution in [0.4, 0.5) is 5.69 Å². The predicted octanol–water partition coefficient (Wildman–Crippen LogP) is 1.13. The number of pyridine rings is 1. The van der Waals surface area contributed by atoms with E-state index in [0.717, 1.165) is 0 Å². The highest BCUT2D eigenvalue weighted by Gasteiger charge is 2.14. The quantitative estimate of drug-likeness (QED) is 0.670. The van der Waals surface area contributed by atoms with Crippen molar-refractivity contribution in [3.63, 3.8) is 0 Å². The third kappa shape index (κ3) is 2.47. The number of imidazole rings is 1. The monoisotopic (exact) mass is 283 g/mol. The first kappa shape index (κ1) is 14.3. The largest absolute Gasteiger partial charge is 0.330 e. The average Bonchev–Trinajstić information content (AvgIpc) is 2.72. The molecule has 8 heteroatoms. The topological polar surface area (TPSA) is 112 Å². The molecule has 21 heavy (non-hydrogen) atoms. The fourth-order valence-electron chi connectivity index (χ4n) is 1.96. The number of nitrogens with one attached hydrogen (secondary N) is 1. The van der Waals surface area contributed by atoms with E-state index in [1.54, 1.807) is 29.8 Å². The molecule has 0 radical (unpaired) electrons. The van der Waals surface area contributed by atoms with Gasteiger partial charge in [0.1, 0.15) is 12.1 Å². The summed E-state index contributed by atoms with van der Waals surface area (Å²) < 4.78 is 3.09. The summed E-state index contributed by atoms with van der Waals surface area (Å²) >= 11 is 0. The third-order valence-corrected chi connectivity index (χ3v) is 2.95. The molecule has 106 valence electrons. The summed E-state index contributed by atoms with van der Waals surface area (Å²) in [5.74, 6) is 0. The first-order chi connectivity index (χ1) is 9.99. The third-order valence-electron chi connectivity index (χ3n) is 2.95. The van der Waals surface area contributed by atoms with Crippen LogP contribution in [0.3, 0.4) is 0 Å². The minimum Gasteiger partial charge on any atom is -0.293 e. The molecule has 0 spiro atoms. The molecule has 0 bridgehead atoms. The van der Waals surface area contributed by atoms with Crippen LogP contribution < -0.4 is 11.1 Å². The van der Waals surface area contributed by atoms with Gasteiger partial charge in [0.25, 0.3) is 0 Å². The molecule has 0 atom stereocenters. The molecular weight excluding hydrogens is 270 g/mol. The Balaban J connectivity index is 2.52. The van der Waals surface area contributed by atoms with E-state index in [2.05, 4.69) is 15.5 Å². The normalized spacial score (nSPS) is 10.2. The Kier molecular flexibility index (Phi) is 3.72. The van der Waals surface area contributed by atoms with Crippen molar-refractivity contribution in [3.8, 4) is 12.1 Å². The maximum atomic E-state index is 12.2. The molecule has 2 rings (SSSR count). The molecule has 2 heterocycles. The summed E-state index contributed by atoms with van der Waals surface area (Å²) in [7, 11) is 1.66. The van der Waals surface area contributed by atoms with E-state index < -0.39 is 0 Å². The lowest BCUT2D eigenvalue weighted by molar-refractivity contribution is 0.579. The first-order valence-corrected chi connectivity index (χ1v) is 6.20. The Morgan fingerprint density at radius 1 is 1.43 bits per heavy atom. The van der Waals surface area contributed by atoms with Gasteiger partial charge in [0.2, 0.25) is 5.71 Å². The molecule has 2 aromatic heterocycles.